The summed E-state index contributed by atoms with van der Waals surface area (Å²) >= 11 is 0. The Morgan fingerprint density at radius 3 is 3.22 bits per heavy atom. The van der Waals surface area contributed by atoms with E-state index >= 15 is 0 Å². The molecule has 0 amide bonds. The number of aromatic nitrogens is 1. The molecule has 9 heavy (non-hydrogen) atoms. The fraction of sp³-hybridized carbons (Fsp3) is 0.286. The fourth-order valence-corrected chi connectivity index (χ4v) is 0.592. The molecule has 2 nitrogen and oxygen atoms in total. The predicted octanol–water partition coefficient (Wildman–Crippen LogP) is 1.03. The lowest BCUT2D eigenvalue weighted by atomic mass is 10.3. The molecule has 1 heterocycles. The van der Waals surface area contributed by atoms with Crippen molar-refractivity contribution in [1.82, 2.24) is 4.98 Å². The average molecular weight is 122 g/mol. The van der Waals surface area contributed by atoms with Crippen molar-refractivity contribution in [3.8, 4) is 0 Å². The van der Waals surface area contributed by atoms with Crippen LogP contribution >= 0.6 is 0 Å². The molecule has 0 aliphatic rings. The van der Waals surface area contributed by atoms with Gasteiger partial charge in [0.1, 0.15) is 0 Å². The molecule has 0 atom stereocenters. The van der Waals surface area contributed by atoms with Crippen molar-refractivity contribution < 1.29 is 4.74 Å². The monoisotopic (exact) mass is 122 g/mol. The Bertz CT molecular complexity index is 162. The molecule has 0 aromatic carbocycles. The predicted molar refractivity (Wildman–Crippen MR) is 33.8 cm³/mol. The van der Waals surface area contributed by atoms with E-state index in [4.69, 9.17) is 4.74 Å². The molecule has 1 radical (unpaired) electrons. The Balaban J connectivity index is 2.61. The quantitative estimate of drug-likeness (QED) is 0.584. The lowest BCUT2D eigenvalue weighted by Crippen LogP contribution is -1.86. The summed E-state index contributed by atoms with van der Waals surface area (Å²) in [5.41, 5.74) is 0.986. The van der Waals surface area contributed by atoms with Gasteiger partial charge in [0, 0.05) is 25.1 Å². The number of rotatable bonds is 2. The van der Waals surface area contributed by atoms with Crippen LogP contribution in [0.2, 0.25) is 0 Å². The van der Waals surface area contributed by atoms with Crippen LogP contribution in [0.3, 0.4) is 0 Å². The van der Waals surface area contributed by atoms with Gasteiger partial charge in [0.05, 0.1) is 6.61 Å². The van der Waals surface area contributed by atoms with E-state index in [9.17, 15) is 0 Å². The number of hydrogen-bond acceptors (Lipinski definition) is 2. The molecule has 0 unspecified atom stereocenters. The first-order chi connectivity index (χ1) is 4.43. The molecule has 0 fully saturated rings. The zero-order valence-electron chi connectivity index (χ0n) is 5.29. The number of hydrogen-bond donors (Lipinski definition) is 0. The molecule has 1 aromatic rings. The third kappa shape index (κ3) is 1.82. The largest absolute Gasteiger partial charge is 0.380 e. The fourth-order valence-electron chi connectivity index (χ4n) is 0.592. The molecule has 0 aliphatic carbocycles. The topological polar surface area (TPSA) is 22.1 Å². The number of methoxy groups -OCH3 is 1. The van der Waals surface area contributed by atoms with Gasteiger partial charge < -0.3 is 4.74 Å². The van der Waals surface area contributed by atoms with Crippen molar-refractivity contribution in [3.05, 3.63) is 30.1 Å². The van der Waals surface area contributed by atoms with Crippen molar-refractivity contribution in [1.29, 1.82) is 0 Å². The van der Waals surface area contributed by atoms with Gasteiger partial charge in [-0.05, 0) is 12.1 Å². The summed E-state index contributed by atoms with van der Waals surface area (Å²) in [6, 6.07) is 4.75. The molecule has 1 rings (SSSR count). The molecule has 0 saturated heterocycles. The number of nitrogens with zero attached hydrogens (tertiary/aromatic N) is 1. The maximum atomic E-state index is 4.86. The van der Waals surface area contributed by atoms with Gasteiger partial charge in [-0.3, -0.25) is 4.98 Å². The molecular formula is C7H8NO. The van der Waals surface area contributed by atoms with Gasteiger partial charge in [-0.15, -0.1) is 0 Å². The molecule has 0 N–H and O–H groups in total. The maximum Gasteiger partial charge on any atom is 0.0734 e. The first-order valence-electron chi connectivity index (χ1n) is 2.73. The summed E-state index contributed by atoms with van der Waals surface area (Å²) in [6.07, 6.45) is 3.43. The van der Waals surface area contributed by atoms with E-state index in [2.05, 4.69) is 11.1 Å². The highest BCUT2D eigenvalue weighted by Gasteiger charge is 1.86. The van der Waals surface area contributed by atoms with Gasteiger partial charge in [0.2, 0.25) is 0 Å². The summed E-state index contributed by atoms with van der Waals surface area (Å²) in [5, 5.41) is 0. The zero-order valence-corrected chi connectivity index (χ0v) is 5.29. The zero-order chi connectivity index (χ0) is 6.53. The van der Waals surface area contributed by atoms with Crippen molar-refractivity contribution in [2.45, 2.75) is 6.61 Å². The second kappa shape index (κ2) is 3.20. The van der Waals surface area contributed by atoms with Gasteiger partial charge in [-0.2, -0.15) is 0 Å². The molecule has 0 spiro atoms. The van der Waals surface area contributed by atoms with E-state index in [1.54, 1.807) is 25.6 Å². The van der Waals surface area contributed by atoms with Gasteiger partial charge in [-0.1, -0.05) is 0 Å². The smallest absolute Gasteiger partial charge is 0.0734 e. The second-order valence-corrected chi connectivity index (χ2v) is 1.70. The van der Waals surface area contributed by atoms with Crippen molar-refractivity contribution >= 4 is 0 Å². The Morgan fingerprint density at radius 1 is 1.78 bits per heavy atom. The van der Waals surface area contributed by atoms with Crippen LogP contribution in [0.15, 0.2) is 18.5 Å². The van der Waals surface area contributed by atoms with E-state index in [1.165, 1.54) is 0 Å². The third-order valence-electron chi connectivity index (χ3n) is 0.960. The maximum absolute atomic E-state index is 4.86. The lowest BCUT2D eigenvalue weighted by Gasteiger charge is -1.94. The Kier molecular flexibility index (Phi) is 2.22. The minimum atomic E-state index is 0.591. The lowest BCUT2D eigenvalue weighted by molar-refractivity contribution is 0.184. The second-order valence-electron chi connectivity index (χ2n) is 1.70. The van der Waals surface area contributed by atoms with E-state index < -0.39 is 0 Å². The van der Waals surface area contributed by atoms with E-state index in [-0.39, 0.29) is 0 Å². The Hall–Kier alpha value is -0.890. The summed E-state index contributed by atoms with van der Waals surface area (Å²) in [5.74, 6) is 0. The van der Waals surface area contributed by atoms with E-state index in [1.807, 2.05) is 0 Å². The Morgan fingerprint density at radius 2 is 2.67 bits per heavy atom. The summed E-state index contributed by atoms with van der Waals surface area (Å²) in [4.78, 5) is 3.89. The van der Waals surface area contributed by atoms with Crippen LogP contribution in [0.1, 0.15) is 5.56 Å². The molecule has 1 aromatic heterocycles. The van der Waals surface area contributed by atoms with E-state index in [0.717, 1.165) is 5.56 Å². The highest BCUT2D eigenvalue weighted by Crippen LogP contribution is 1.94. The number of pyridine rings is 1. The van der Waals surface area contributed by atoms with E-state index in [0.29, 0.717) is 6.61 Å². The minimum Gasteiger partial charge on any atom is -0.380 e. The molecule has 0 saturated carbocycles. The minimum absolute atomic E-state index is 0.591. The molecule has 0 bridgehead atoms. The van der Waals surface area contributed by atoms with Crippen molar-refractivity contribution in [2.75, 3.05) is 7.11 Å². The summed E-state index contributed by atoms with van der Waals surface area (Å²) < 4.78 is 4.86. The molecule has 0 aliphatic heterocycles. The van der Waals surface area contributed by atoms with Gasteiger partial charge >= 0.3 is 0 Å². The van der Waals surface area contributed by atoms with Gasteiger partial charge in [-0.25, -0.2) is 0 Å². The highest BCUT2D eigenvalue weighted by molar-refractivity contribution is 5.04. The first kappa shape index (κ1) is 6.23. The van der Waals surface area contributed by atoms with Crippen molar-refractivity contribution in [2.24, 2.45) is 0 Å². The van der Waals surface area contributed by atoms with Gasteiger partial charge in [0.15, 0.2) is 0 Å². The first-order valence-corrected chi connectivity index (χ1v) is 2.73. The summed E-state index contributed by atoms with van der Waals surface area (Å²) in [6.45, 7) is 0.591. The number of ether oxygens (including phenoxy) is 1. The average Bonchev–Trinajstić information content (AvgIpc) is 1.91. The van der Waals surface area contributed by atoms with Crippen LogP contribution in [0, 0.1) is 6.07 Å². The summed E-state index contributed by atoms with van der Waals surface area (Å²) in [7, 11) is 1.65. The molecule has 47 valence electrons. The van der Waals surface area contributed by atoms with Crippen LogP contribution < -0.4 is 0 Å². The van der Waals surface area contributed by atoms with Crippen molar-refractivity contribution in [3.63, 3.8) is 0 Å². The standard InChI is InChI=1S/C7H8NO/c1-9-6-7-3-2-4-8-5-7/h2,4-5H,6H2,1H3. The highest BCUT2D eigenvalue weighted by atomic mass is 16.5. The van der Waals surface area contributed by atoms with Crippen LogP contribution in [0.5, 0.6) is 0 Å². The van der Waals surface area contributed by atoms with Crippen LogP contribution in [-0.4, -0.2) is 12.1 Å². The Labute approximate surface area is 54.5 Å². The van der Waals surface area contributed by atoms with Crippen LogP contribution in [0.25, 0.3) is 0 Å². The SMILES string of the molecule is COCc1[c]ccnc1. The van der Waals surface area contributed by atoms with Crippen LogP contribution in [-0.2, 0) is 11.3 Å². The normalized spacial score (nSPS) is 9.44. The third-order valence-corrected chi connectivity index (χ3v) is 0.960. The molecule has 2 heteroatoms. The van der Waals surface area contributed by atoms with Crippen LogP contribution in [0.4, 0.5) is 0 Å². The van der Waals surface area contributed by atoms with Gasteiger partial charge in [0.25, 0.3) is 0 Å². The molecular weight excluding hydrogens is 114 g/mol.